The Hall–Kier alpha value is -2.39. The summed E-state index contributed by atoms with van der Waals surface area (Å²) in [6.07, 6.45) is 22.1. The van der Waals surface area contributed by atoms with Crippen LogP contribution in [0.4, 0.5) is 0 Å². The molecule has 0 amide bonds. The summed E-state index contributed by atoms with van der Waals surface area (Å²) in [6, 6.07) is 0.488. The van der Waals surface area contributed by atoms with Crippen LogP contribution in [0.2, 0.25) is 0 Å². The van der Waals surface area contributed by atoms with Gasteiger partial charge in [0.05, 0.1) is 0 Å². The third kappa shape index (κ3) is 5.57. The first kappa shape index (κ1) is 19.9. The quantitative estimate of drug-likeness (QED) is 0.569. The first-order valence-corrected chi connectivity index (χ1v) is 9.14. The van der Waals surface area contributed by atoms with Crippen molar-refractivity contribution >= 4 is 11.6 Å². The maximum absolute atomic E-state index is 11.8. The zero-order valence-corrected chi connectivity index (χ0v) is 15.6. The molecule has 1 fully saturated rings. The van der Waals surface area contributed by atoms with Gasteiger partial charge in [-0.1, -0.05) is 37.1 Å². The number of nitrogens with one attached hydrogen (secondary N) is 2. The molecule has 0 saturated heterocycles. The molecule has 2 atom stereocenters. The fourth-order valence-corrected chi connectivity index (χ4v) is 3.12. The van der Waals surface area contributed by atoms with Crippen LogP contribution >= 0.6 is 0 Å². The van der Waals surface area contributed by atoms with E-state index in [4.69, 9.17) is 4.20 Å². The summed E-state index contributed by atoms with van der Waals surface area (Å²) in [6.45, 7) is 0. The number of carbonyl (C=O) groups is 2. The van der Waals surface area contributed by atoms with Crippen molar-refractivity contribution in [1.29, 1.82) is 4.20 Å². The summed E-state index contributed by atoms with van der Waals surface area (Å²) in [5, 5.41) is 6.79. The van der Waals surface area contributed by atoms with Crippen molar-refractivity contribution in [1.82, 2.24) is 10.6 Å². The van der Waals surface area contributed by atoms with E-state index < -0.39 is 0 Å². The van der Waals surface area contributed by atoms with E-state index in [1.165, 1.54) is 12.8 Å². The fourth-order valence-electron chi connectivity index (χ4n) is 3.12. The van der Waals surface area contributed by atoms with Crippen LogP contribution in [-0.2, 0) is 25.2 Å². The number of carbonyl (C=O) groups excluding carboxylic acids is 2. The van der Waals surface area contributed by atoms with Gasteiger partial charge in [-0.05, 0) is 37.1 Å². The van der Waals surface area contributed by atoms with Crippen molar-refractivity contribution in [3.05, 3.63) is 72.2 Å². The molecule has 3 aliphatic carbocycles. The van der Waals surface area contributed by atoms with Crippen LogP contribution in [0.1, 0.15) is 25.7 Å². The normalized spacial score (nSPS) is 27.3. The van der Waals surface area contributed by atoms with Gasteiger partial charge in [-0.2, -0.15) is 0 Å². The second kappa shape index (κ2) is 10.6. The number of allylic oxidation sites excluding steroid dienone is 10. The number of hydrogen-bond acceptors (Lipinski definition) is 5. The second-order valence-corrected chi connectivity index (χ2v) is 6.20. The van der Waals surface area contributed by atoms with E-state index in [1.807, 2.05) is 52.3 Å². The van der Waals surface area contributed by atoms with Crippen LogP contribution in [0, 0.1) is 4.20 Å². The van der Waals surface area contributed by atoms with E-state index in [-0.39, 0.29) is 23.7 Å². The Kier molecular flexibility index (Phi) is 8.10. The van der Waals surface area contributed by atoms with E-state index in [0.29, 0.717) is 11.1 Å². The van der Waals surface area contributed by atoms with Crippen LogP contribution in [0.25, 0.3) is 0 Å². The van der Waals surface area contributed by atoms with Crippen molar-refractivity contribution in [2.24, 2.45) is 0 Å². The minimum atomic E-state index is 0.0252. The van der Waals surface area contributed by atoms with Crippen molar-refractivity contribution in [3.63, 3.8) is 0 Å². The van der Waals surface area contributed by atoms with Gasteiger partial charge in [-0.25, -0.2) is 0 Å². The predicted octanol–water partition coefficient (Wildman–Crippen LogP) is 2.65. The van der Waals surface area contributed by atoms with Gasteiger partial charge in [0, 0.05) is 35.6 Å². The van der Waals surface area contributed by atoms with E-state index in [1.54, 1.807) is 24.3 Å². The molecule has 0 aromatic carbocycles. The second-order valence-electron chi connectivity index (χ2n) is 6.20. The van der Waals surface area contributed by atoms with Crippen molar-refractivity contribution in [3.8, 4) is 0 Å². The van der Waals surface area contributed by atoms with Gasteiger partial charge in [0.2, 0.25) is 0 Å². The Labute approximate surface area is 161 Å². The third-order valence-electron chi connectivity index (χ3n) is 4.51. The average molecular weight is 391 g/mol. The van der Waals surface area contributed by atoms with Gasteiger partial charge in [0.15, 0.2) is 11.6 Å². The standard InChI is InChI=1S/C20H22N2O2.Mn.N/c23-19-11-5-1-7-15(19)13-21-17-9-3-4-10-18(17)22-14-16-8-2-6-12-20(16)24;;/h1-2,5-8,11-14,17-18,21-22H,3-4,9-10H2;;/b15-13-,16-14-;;/t17-,18-;;/m1../s1. The fraction of sp³-hybridized carbons (Fsp3) is 0.300. The molecule has 0 aromatic heterocycles. The summed E-state index contributed by atoms with van der Waals surface area (Å²) in [7, 11) is 0. The summed E-state index contributed by atoms with van der Waals surface area (Å²) in [5.74, 6) is 0.0503. The molecule has 2 N–H and O–H groups in total. The molecule has 136 valence electrons. The molecule has 0 unspecified atom stereocenters. The van der Waals surface area contributed by atoms with Gasteiger partial charge in [0.25, 0.3) is 0 Å². The van der Waals surface area contributed by atoms with Gasteiger partial charge >= 0.3 is 19.8 Å². The van der Waals surface area contributed by atoms with Gasteiger partial charge in [0.1, 0.15) is 0 Å². The molecule has 26 heavy (non-hydrogen) atoms. The summed E-state index contributed by atoms with van der Waals surface area (Å²) < 4.78 is 6.81. The third-order valence-corrected chi connectivity index (χ3v) is 4.51. The molecule has 0 bridgehead atoms. The van der Waals surface area contributed by atoms with Crippen LogP contribution in [0.15, 0.2) is 72.2 Å². The molecule has 5 nitrogen and oxygen atoms in total. The molecule has 6 heteroatoms. The van der Waals surface area contributed by atoms with Crippen LogP contribution in [0.5, 0.6) is 0 Å². The molecule has 1 saturated carbocycles. The number of nitrogens with zero attached hydrogens (tertiary/aromatic N) is 1. The average Bonchev–Trinajstić information content (AvgIpc) is 2.69. The van der Waals surface area contributed by atoms with Gasteiger partial charge in [-0.3, -0.25) is 9.59 Å². The number of ketones is 2. The molecule has 0 radical (unpaired) electrons. The van der Waals surface area contributed by atoms with Crippen molar-refractivity contribution in [2.45, 2.75) is 37.8 Å². The summed E-state index contributed by atoms with van der Waals surface area (Å²) in [5.41, 5.74) is 1.35. The Balaban J connectivity index is 0.00000117. The Morgan fingerprint density at radius 1 is 0.769 bits per heavy atom. The van der Waals surface area contributed by atoms with Crippen LogP contribution < -0.4 is 10.6 Å². The first-order valence-electron chi connectivity index (χ1n) is 8.61. The number of hydrogen-bond donors (Lipinski definition) is 2. The molecular weight excluding hydrogens is 369 g/mol. The minimum absolute atomic E-state index is 0.0252. The molecule has 0 aromatic rings. The molecule has 3 rings (SSSR count). The van der Waals surface area contributed by atoms with E-state index in [0.717, 1.165) is 12.8 Å². The molecular formula is C20H22MnN3O2. The SMILES string of the molecule is O=C1C=CC=C/C1=C/N[C@@H]1CCCC[C@H]1N/C=C1/C=CC=CC1=O.[N]#[Mn]. The Morgan fingerprint density at radius 2 is 1.15 bits per heavy atom. The maximum atomic E-state index is 11.8. The van der Waals surface area contributed by atoms with E-state index in [2.05, 4.69) is 10.6 Å². The topological polar surface area (TPSA) is 82.0 Å². The van der Waals surface area contributed by atoms with Crippen LogP contribution in [-0.4, -0.2) is 23.7 Å². The zero-order valence-electron chi connectivity index (χ0n) is 14.4. The number of rotatable bonds is 4. The monoisotopic (exact) mass is 391 g/mol. The van der Waals surface area contributed by atoms with E-state index in [9.17, 15) is 9.59 Å². The molecule has 0 aliphatic heterocycles. The summed E-state index contributed by atoms with van der Waals surface area (Å²) in [4.78, 5) is 23.6. The first-order chi connectivity index (χ1) is 12.7. The van der Waals surface area contributed by atoms with Crippen molar-refractivity contribution < 1.29 is 25.2 Å². The Morgan fingerprint density at radius 3 is 1.54 bits per heavy atom. The predicted molar refractivity (Wildman–Crippen MR) is 96.8 cm³/mol. The summed E-state index contributed by atoms with van der Waals surface area (Å²) >= 11 is 1.94. The molecule has 0 spiro atoms. The molecule has 3 aliphatic rings. The van der Waals surface area contributed by atoms with Gasteiger partial charge < -0.3 is 10.6 Å². The molecule has 0 heterocycles. The van der Waals surface area contributed by atoms with Gasteiger partial charge in [-0.15, -0.1) is 0 Å². The van der Waals surface area contributed by atoms with Crippen LogP contribution in [0.3, 0.4) is 0 Å². The Bertz CT molecular complexity index is 681. The van der Waals surface area contributed by atoms with Crippen molar-refractivity contribution in [2.75, 3.05) is 0 Å². The zero-order chi connectivity index (χ0) is 18.8. The van der Waals surface area contributed by atoms with E-state index >= 15 is 0 Å².